The largest absolute Gasteiger partial charge is 0.354 e. The van der Waals surface area contributed by atoms with Crippen molar-refractivity contribution in [3.8, 4) is 0 Å². The van der Waals surface area contributed by atoms with Crippen molar-refractivity contribution in [2.24, 2.45) is 5.92 Å². The highest BCUT2D eigenvalue weighted by molar-refractivity contribution is 5.73. The van der Waals surface area contributed by atoms with E-state index in [1.165, 1.54) is 32.1 Å². The molecule has 0 aromatic carbocycles. The van der Waals surface area contributed by atoms with E-state index in [2.05, 4.69) is 12.2 Å². The molecule has 2 heteroatoms. The summed E-state index contributed by atoms with van der Waals surface area (Å²) in [7, 11) is 0. The molecule has 0 aliphatic heterocycles. The normalized spacial score (nSPS) is 29.8. The molecule has 1 aliphatic carbocycles. The van der Waals surface area contributed by atoms with Crippen LogP contribution in [-0.4, -0.2) is 11.9 Å². The molecule has 0 heterocycles. The van der Waals surface area contributed by atoms with Crippen molar-refractivity contribution in [2.75, 3.05) is 0 Å². The Labute approximate surface area is 74.7 Å². The Morgan fingerprint density at radius 2 is 2.25 bits per heavy atom. The lowest BCUT2D eigenvalue weighted by atomic mass is 9.84. The van der Waals surface area contributed by atoms with Crippen LogP contribution in [0.1, 0.15) is 46.0 Å². The van der Waals surface area contributed by atoms with Gasteiger partial charge in [-0.15, -0.1) is 0 Å². The van der Waals surface area contributed by atoms with Crippen LogP contribution >= 0.6 is 0 Å². The topological polar surface area (TPSA) is 29.1 Å². The van der Waals surface area contributed by atoms with Crippen molar-refractivity contribution < 1.29 is 4.79 Å². The van der Waals surface area contributed by atoms with Gasteiger partial charge < -0.3 is 5.32 Å². The number of hydrogen-bond acceptors (Lipinski definition) is 1. The third-order valence-electron chi connectivity index (χ3n) is 2.77. The van der Waals surface area contributed by atoms with E-state index in [0.717, 1.165) is 5.92 Å². The molecule has 70 valence electrons. The standard InChI is InChI=1S/C10H19NO/c1-3-9-5-4-6-10(7-9)11-8(2)12/h9-10H,3-7H2,1-2H3,(H,11,12)/t9-,10-/m1/s1. The van der Waals surface area contributed by atoms with Gasteiger partial charge in [0.05, 0.1) is 0 Å². The van der Waals surface area contributed by atoms with Crippen molar-refractivity contribution in [3.63, 3.8) is 0 Å². The number of amides is 1. The average Bonchev–Trinajstić information content (AvgIpc) is 2.03. The first kappa shape index (κ1) is 9.56. The zero-order valence-corrected chi connectivity index (χ0v) is 8.10. The summed E-state index contributed by atoms with van der Waals surface area (Å²) >= 11 is 0. The maximum atomic E-state index is 10.8. The minimum Gasteiger partial charge on any atom is -0.354 e. The van der Waals surface area contributed by atoms with Crippen molar-refractivity contribution >= 4 is 5.91 Å². The zero-order chi connectivity index (χ0) is 8.97. The van der Waals surface area contributed by atoms with Crippen LogP contribution in [0.3, 0.4) is 0 Å². The smallest absolute Gasteiger partial charge is 0.217 e. The van der Waals surface area contributed by atoms with Crippen LogP contribution in [0.2, 0.25) is 0 Å². The molecule has 1 N–H and O–H groups in total. The summed E-state index contributed by atoms with van der Waals surface area (Å²) in [4.78, 5) is 10.8. The van der Waals surface area contributed by atoms with Crippen molar-refractivity contribution in [1.29, 1.82) is 0 Å². The highest BCUT2D eigenvalue weighted by Gasteiger charge is 2.20. The molecular weight excluding hydrogens is 150 g/mol. The fraction of sp³-hybridized carbons (Fsp3) is 0.900. The molecule has 0 radical (unpaired) electrons. The number of rotatable bonds is 2. The van der Waals surface area contributed by atoms with Gasteiger partial charge in [-0.3, -0.25) is 4.79 Å². The highest BCUT2D eigenvalue weighted by atomic mass is 16.1. The fourth-order valence-corrected chi connectivity index (χ4v) is 2.08. The van der Waals surface area contributed by atoms with Crippen LogP contribution in [0.5, 0.6) is 0 Å². The maximum absolute atomic E-state index is 10.8. The summed E-state index contributed by atoms with van der Waals surface area (Å²) in [6.45, 7) is 3.84. The van der Waals surface area contributed by atoms with Crippen LogP contribution in [0.4, 0.5) is 0 Å². The number of nitrogens with one attached hydrogen (secondary N) is 1. The third-order valence-corrected chi connectivity index (χ3v) is 2.77. The Morgan fingerprint density at radius 3 is 2.83 bits per heavy atom. The molecule has 2 nitrogen and oxygen atoms in total. The molecule has 0 unspecified atom stereocenters. The first-order chi connectivity index (χ1) is 5.72. The molecule has 0 aromatic heterocycles. The molecule has 1 saturated carbocycles. The van der Waals surface area contributed by atoms with Crippen LogP contribution in [0.25, 0.3) is 0 Å². The SMILES string of the molecule is CC[C@@H]1CCC[C@@H](NC(C)=O)C1. The molecule has 0 aromatic rings. The summed E-state index contributed by atoms with van der Waals surface area (Å²) in [6, 6.07) is 0.459. The monoisotopic (exact) mass is 169 g/mol. The summed E-state index contributed by atoms with van der Waals surface area (Å²) < 4.78 is 0. The maximum Gasteiger partial charge on any atom is 0.217 e. The Bertz CT molecular complexity index is 156. The Kier molecular flexibility index (Phi) is 3.57. The molecule has 1 amide bonds. The summed E-state index contributed by atoms with van der Waals surface area (Å²) in [5.74, 6) is 0.965. The molecule has 1 rings (SSSR count). The van der Waals surface area contributed by atoms with E-state index < -0.39 is 0 Å². The average molecular weight is 169 g/mol. The number of carbonyl (C=O) groups excluding carboxylic acids is 1. The van der Waals surface area contributed by atoms with E-state index in [1.54, 1.807) is 6.92 Å². The quantitative estimate of drug-likeness (QED) is 0.673. The van der Waals surface area contributed by atoms with E-state index in [4.69, 9.17) is 0 Å². The van der Waals surface area contributed by atoms with Crippen LogP contribution in [0.15, 0.2) is 0 Å². The predicted molar refractivity (Wildman–Crippen MR) is 49.9 cm³/mol. The lowest BCUT2D eigenvalue weighted by Crippen LogP contribution is -2.36. The molecule has 0 spiro atoms. The van der Waals surface area contributed by atoms with Crippen molar-refractivity contribution in [3.05, 3.63) is 0 Å². The first-order valence-electron chi connectivity index (χ1n) is 4.99. The second kappa shape index (κ2) is 4.48. The Balaban J connectivity index is 2.30. The summed E-state index contributed by atoms with van der Waals surface area (Å²) in [5, 5.41) is 3.01. The van der Waals surface area contributed by atoms with Gasteiger partial charge in [0.15, 0.2) is 0 Å². The molecule has 1 fully saturated rings. The van der Waals surface area contributed by atoms with Crippen molar-refractivity contribution in [1.82, 2.24) is 5.32 Å². The molecular formula is C10H19NO. The second-order valence-corrected chi connectivity index (χ2v) is 3.84. The van der Waals surface area contributed by atoms with E-state index >= 15 is 0 Å². The zero-order valence-electron chi connectivity index (χ0n) is 8.10. The number of hydrogen-bond donors (Lipinski definition) is 1. The van der Waals surface area contributed by atoms with E-state index in [-0.39, 0.29) is 5.91 Å². The third kappa shape index (κ3) is 2.84. The van der Waals surface area contributed by atoms with Gasteiger partial charge >= 0.3 is 0 Å². The van der Waals surface area contributed by atoms with E-state index in [1.807, 2.05) is 0 Å². The van der Waals surface area contributed by atoms with Gasteiger partial charge in [-0.2, -0.15) is 0 Å². The molecule has 0 saturated heterocycles. The first-order valence-corrected chi connectivity index (χ1v) is 4.99. The van der Waals surface area contributed by atoms with Gasteiger partial charge in [-0.05, 0) is 18.8 Å². The predicted octanol–water partition coefficient (Wildman–Crippen LogP) is 2.09. The summed E-state index contributed by atoms with van der Waals surface area (Å²) in [5.41, 5.74) is 0. The van der Waals surface area contributed by atoms with E-state index in [0.29, 0.717) is 6.04 Å². The van der Waals surface area contributed by atoms with Gasteiger partial charge in [-0.1, -0.05) is 26.2 Å². The molecule has 12 heavy (non-hydrogen) atoms. The van der Waals surface area contributed by atoms with Crippen LogP contribution in [-0.2, 0) is 4.79 Å². The minimum absolute atomic E-state index is 0.122. The summed E-state index contributed by atoms with van der Waals surface area (Å²) in [6.07, 6.45) is 6.26. The van der Waals surface area contributed by atoms with E-state index in [9.17, 15) is 4.79 Å². The highest BCUT2D eigenvalue weighted by Crippen LogP contribution is 2.26. The molecule has 2 atom stereocenters. The van der Waals surface area contributed by atoms with Gasteiger partial charge in [0.1, 0.15) is 0 Å². The molecule has 0 bridgehead atoms. The Morgan fingerprint density at radius 1 is 1.50 bits per heavy atom. The van der Waals surface area contributed by atoms with Crippen LogP contribution in [0, 0.1) is 5.92 Å². The lowest BCUT2D eigenvalue weighted by molar-refractivity contribution is -0.119. The van der Waals surface area contributed by atoms with Gasteiger partial charge in [0.2, 0.25) is 5.91 Å². The minimum atomic E-state index is 0.122. The lowest BCUT2D eigenvalue weighted by Gasteiger charge is -2.28. The fourth-order valence-electron chi connectivity index (χ4n) is 2.08. The van der Waals surface area contributed by atoms with Gasteiger partial charge in [0.25, 0.3) is 0 Å². The Hall–Kier alpha value is -0.530. The molecule has 1 aliphatic rings. The van der Waals surface area contributed by atoms with Gasteiger partial charge in [0, 0.05) is 13.0 Å². The van der Waals surface area contributed by atoms with Crippen molar-refractivity contribution in [2.45, 2.75) is 52.0 Å². The second-order valence-electron chi connectivity index (χ2n) is 3.84. The number of carbonyl (C=O) groups is 1. The van der Waals surface area contributed by atoms with Crippen LogP contribution < -0.4 is 5.32 Å². The van der Waals surface area contributed by atoms with Gasteiger partial charge in [-0.25, -0.2) is 0 Å².